The first kappa shape index (κ1) is 61.7. The molecular weight excluding hydrogens is 922 g/mol. The first-order chi connectivity index (χ1) is 32.3. The van der Waals surface area contributed by atoms with Crippen LogP contribution in [-0.4, -0.2) is 151 Å². The maximum absolute atomic E-state index is 14.0. The minimum absolute atomic E-state index is 0.0506. The first-order valence-corrected chi connectivity index (χ1v) is 24.4. The highest BCUT2D eigenvalue weighted by molar-refractivity contribution is 7.46. The molecule has 11 N–H and O–H groups in total. The average Bonchev–Trinajstić information content (AvgIpc) is 3.78. The molecule has 23 nitrogen and oxygen atoms in total. The summed E-state index contributed by atoms with van der Waals surface area (Å²) < 4.78 is 21.5. The van der Waals surface area contributed by atoms with Crippen molar-refractivity contribution < 1.29 is 67.4 Å². The largest absolute Gasteiger partial charge is 0.469 e. The molecule has 0 aliphatic heterocycles. The number of nitrogens with one attached hydrogen (secondary N) is 5. The lowest BCUT2D eigenvalue weighted by molar-refractivity contribution is -0.141. The molecule has 0 aliphatic carbocycles. The third kappa shape index (κ3) is 26.9. The van der Waals surface area contributed by atoms with Crippen LogP contribution in [0.4, 0.5) is 0 Å². The number of nitrogens with two attached hydrogens (primary N) is 1. The van der Waals surface area contributed by atoms with Crippen LogP contribution in [-0.2, 0) is 60.3 Å². The van der Waals surface area contributed by atoms with Crippen molar-refractivity contribution in [3.8, 4) is 0 Å². The minimum atomic E-state index is -5.13. The van der Waals surface area contributed by atoms with Crippen LogP contribution >= 0.6 is 7.82 Å². The molecule has 0 saturated heterocycles. The number of aromatic nitrogens is 2. The van der Waals surface area contributed by atoms with Crippen molar-refractivity contribution in [2.45, 2.75) is 143 Å². The highest BCUT2D eigenvalue weighted by atomic mass is 31.2. The normalized spacial score (nSPS) is 14.4. The lowest BCUT2D eigenvalue weighted by Crippen LogP contribution is -2.61. The van der Waals surface area contributed by atoms with Gasteiger partial charge in [0.15, 0.2) is 0 Å². The molecule has 0 fully saturated rings. The van der Waals surface area contributed by atoms with Gasteiger partial charge in [-0.25, -0.2) is 9.55 Å². The Kier molecular flexibility index (Phi) is 28.4. The van der Waals surface area contributed by atoms with Gasteiger partial charge in [-0.3, -0.25) is 33.3 Å². The number of primary amides is 1. The van der Waals surface area contributed by atoms with Gasteiger partial charge >= 0.3 is 7.82 Å². The molecule has 2 aromatic rings. The number of H-pyrrole nitrogens is 1. The summed E-state index contributed by atoms with van der Waals surface area (Å²) >= 11 is 0. The summed E-state index contributed by atoms with van der Waals surface area (Å²) in [5.41, 5.74) is 5.88. The maximum atomic E-state index is 14.0. The van der Waals surface area contributed by atoms with Crippen LogP contribution in [0.3, 0.4) is 0 Å². The smallest absolute Gasteiger partial charge is 0.394 e. The molecule has 1 unspecified atom stereocenters. The number of carbonyl (C=O) groups excluding carboxylic acids is 6. The second kappa shape index (κ2) is 31.8. The van der Waals surface area contributed by atoms with Crippen LogP contribution in [0.2, 0.25) is 0 Å². The van der Waals surface area contributed by atoms with Crippen LogP contribution in [0.5, 0.6) is 0 Å². The zero-order chi connectivity index (χ0) is 52.3. The predicted molar refractivity (Wildman–Crippen MR) is 256 cm³/mol. The molecule has 6 atom stereocenters. The van der Waals surface area contributed by atoms with Crippen molar-refractivity contribution in [1.29, 1.82) is 0 Å². The van der Waals surface area contributed by atoms with Gasteiger partial charge in [0.2, 0.25) is 35.4 Å². The number of benzene rings is 1. The molecule has 0 radical (unpaired) electrons. The van der Waals surface area contributed by atoms with Gasteiger partial charge in [0, 0.05) is 24.5 Å². The number of aromatic amines is 1. The van der Waals surface area contributed by atoms with Gasteiger partial charge in [0.05, 0.1) is 57.4 Å². The van der Waals surface area contributed by atoms with E-state index in [1.165, 1.54) is 17.4 Å². The second-order valence-corrected chi connectivity index (χ2v) is 19.2. The van der Waals surface area contributed by atoms with Crippen molar-refractivity contribution in [1.82, 2.24) is 36.1 Å². The maximum Gasteiger partial charge on any atom is 0.469 e. The summed E-state index contributed by atoms with van der Waals surface area (Å²) in [6.07, 6.45) is 3.54. The Morgan fingerprint density at radius 1 is 0.928 bits per heavy atom. The Morgan fingerprint density at radius 2 is 1.54 bits per heavy atom. The molecule has 0 spiro atoms. The molecular formula is C45H76N9O14P. The fourth-order valence-corrected chi connectivity index (χ4v) is 6.60. The van der Waals surface area contributed by atoms with Gasteiger partial charge in [0.1, 0.15) is 30.3 Å². The zero-order valence-electron chi connectivity index (χ0n) is 41.3. The lowest BCUT2D eigenvalue weighted by atomic mass is 10.0. The van der Waals surface area contributed by atoms with Crippen molar-refractivity contribution in [3.05, 3.63) is 54.1 Å². The summed E-state index contributed by atoms with van der Waals surface area (Å²) in [5.74, 6) is -4.77. The summed E-state index contributed by atoms with van der Waals surface area (Å²) in [4.78, 5) is 112. The van der Waals surface area contributed by atoms with E-state index in [-0.39, 0.29) is 44.9 Å². The number of oxime groups is 1. The van der Waals surface area contributed by atoms with Gasteiger partial charge < -0.3 is 66.5 Å². The standard InChI is InChI=1S/C41H66N9O14P.C4H10/c1-7-30(63-45-16-11-14-28-12-9-8-10-13-28)21-50(35(54)15-17-62-41(5,6)24-52)22-34(53)46-31(18-26(2)3)38(56)47-32(19-29-20-43-25-44-29)39(57)48-33(23-51)40(58)49-36(37(42)55)27(4)64-65(59,60)61;1-4(2)3/h8-10,12-13,16,20,25-27,30-33,36,51-52H,7,11,14-15,17-19,21-24H2,1-6H3,(H2,42,55)(H,43,44)(H,46,53)(H,47,56)(H,48,57)(H,49,58)(H2,59,60,61);4H,1-3H3/b45-16-;/t27?,30-,31-,32-,33-,36-;/m0./s1. The number of phosphoric acid groups is 1. The molecule has 0 saturated carbocycles. The Labute approximate surface area is 404 Å². The van der Waals surface area contributed by atoms with Gasteiger partial charge in [0.25, 0.3) is 0 Å². The zero-order valence-corrected chi connectivity index (χ0v) is 42.1. The van der Waals surface area contributed by atoms with Crippen LogP contribution in [0.1, 0.15) is 99.3 Å². The van der Waals surface area contributed by atoms with Gasteiger partial charge in [-0.1, -0.05) is 77.0 Å². The van der Waals surface area contributed by atoms with Crippen LogP contribution in [0.15, 0.2) is 48.0 Å². The van der Waals surface area contributed by atoms with E-state index < -0.39 is 98.4 Å². The van der Waals surface area contributed by atoms with E-state index in [1.54, 1.807) is 33.9 Å². The van der Waals surface area contributed by atoms with E-state index in [4.69, 9.17) is 25.1 Å². The van der Waals surface area contributed by atoms with Crippen LogP contribution in [0, 0.1) is 11.8 Å². The van der Waals surface area contributed by atoms with Gasteiger partial charge in [-0.15, -0.1) is 0 Å². The van der Waals surface area contributed by atoms with E-state index in [9.17, 15) is 43.5 Å². The quantitative estimate of drug-likeness (QED) is 0.0286. The number of nitrogens with zero attached hydrogens (tertiary/aromatic N) is 3. The third-order valence-corrected chi connectivity index (χ3v) is 10.2. The van der Waals surface area contributed by atoms with Gasteiger partial charge in [-0.05, 0) is 63.9 Å². The topological polar surface area (TPSA) is 347 Å². The number of ether oxygens (including phenoxy) is 1. The number of aryl methyl sites for hydroxylation is 1. The summed E-state index contributed by atoms with van der Waals surface area (Å²) in [6, 6.07) is 3.53. The monoisotopic (exact) mass is 998 g/mol. The van der Waals surface area contributed by atoms with Crippen molar-refractivity contribution in [2.75, 3.05) is 32.9 Å². The van der Waals surface area contributed by atoms with Gasteiger partial charge in [-0.2, -0.15) is 0 Å². The number of phosphoric ester groups is 1. The third-order valence-electron chi connectivity index (χ3n) is 9.61. The second-order valence-electron chi connectivity index (χ2n) is 18.0. The number of carbonyl (C=O) groups is 6. The Balaban J connectivity index is 0.00000571. The lowest BCUT2D eigenvalue weighted by Gasteiger charge is -2.29. The molecule has 0 bridgehead atoms. The van der Waals surface area contributed by atoms with E-state index in [1.807, 2.05) is 37.3 Å². The fraction of sp³-hybridized carbons (Fsp3) is 0.644. The molecule has 69 heavy (non-hydrogen) atoms. The molecule has 1 aromatic carbocycles. The average molecular weight is 998 g/mol. The van der Waals surface area contributed by atoms with Crippen molar-refractivity contribution in [3.63, 3.8) is 0 Å². The minimum Gasteiger partial charge on any atom is -0.394 e. The summed E-state index contributed by atoms with van der Waals surface area (Å²) in [6.45, 7) is 14.3. The van der Waals surface area contributed by atoms with Crippen molar-refractivity contribution in [2.24, 2.45) is 22.7 Å². The number of amides is 6. The van der Waals surface area contributed by atoms with E-state index in [0.29, 0.717) is 18.5 Å². The first-order valence-electron chi connectivity index (χ1n) is 22.9. The van der Waals surface area contributed by atoms with Crippen LogP contribution in [0.25, 0.3) is 0 Å². The molecule has 2 rings (SSSR count). The number of hydrogen-bond acceptors (Lipinski definition) is 14. The number of rotatable bonds is 31. The number of imidazole rings is 1. The fourth-order valence-electron chi connectivity index (χ4n) is 6.05. The molecule has 6 amide bonds. The summed E-state index contributed by atoms with van der Waals surface area (Å²) in [7, 11) is -5.13. The van der Waals surface area contributed by atoms with E-state index in [0.717, 1.165) is 24.8 Å². The van der Waals surface area contributed by atoms with E-state index in [2.05, 4.69) is 61.7 Å². The van der Waals surface area contributed by atoms with Crippen LogP contribution < -0.4 is 27.0 Å². The summed E-state index contributed by atoms with van der Waals surface area (Å²) in [5, 5.41) is 33.4. The molecule has 1 heterocycles. The molecule has 24 heteroatoms. The predicted octanol–water partition coefficient (Wildman–Crippen LogP) is 0.995. The number of aliphatic hydroxyl groups is 2. The number of aliphatic hydroxyl groups excluding tert-OH is 2. The highest BCUT2D eigenvalue weighted by Crippen LogP contribution is 2.38. The molecule has 0 aliphatic rings. The highest BCUT2D eigenvalue weighted by Gasteiger charge is 2.35. The molecule has 390 valence electrons. The Morgan fingerprint density at radius 3 is 2.07 bits per heavy atom. The Bertz CT molecular complexity index is 1930. The molecule has 1 aromatic heterocycles. The van der Waals surface area contributed by atoms with E-state index >= 15 is 0 Å². The SMILES string of the molecule is CC(C)C.CC[C@@H](CN(CC(=O)N[C@@H](CC(C)C)C(=O)N[C@@H](Cc1cnc[nH]1)C(=O)N[C@@H](CO)C(=O)N[C@H](C(N)=O)C(C)OP(=O)(O)O)C(=O)CCOC(C)(C)CO)O/N=C\CCc1ccccc1. The number of hydrogen-bond donors (Lipinski definition) is 10. The Hall–Kier alpha value is -5.29. The van der Waals surface area contributed by atoms with Crippen molar-refractivity contribution >= 4 is 49.5 Å².